The van der Waals surface area contributed by atoms with Gasteiger partial charge in [0.05, 0.1) is 11.6 Å². The number of nitrogens with zero attached hydrogens (tertiary/aromatic N) is 2. The van der Waals surface area contributed by atoms with Crippen LogP contribution in [0, 0.1) is 11.7 Å². The molecule has 0 spiro atoms. The average molecular weight is 357 g/mol. The Morgan fingerprint density at radius 1 is 1.27 bits per heavy atom. The number of carbonyl (C=O) groups is 2. The number of esters is 1. The average Bonchev–Trinajstić information content (AvgIpc) is 3.24. The zero-order valence-electron chi connectivity index (χ0n) is 14.3. The van der Waals surface area contributed by atoms with Gasteiger partial charge in [-0.1, -0.05) is 0 Å². The van der Waals surface area contributed by atoms with Crippen molar-refractivity contribution in [2.24, 2.45) is 5.92 Å². The summed E-state index contributed by atoms with van der Waals surface area (Å²) in [5, 5.41) is 7.30. The van der Waals surface area contributed by atoms with Gasteiger partial charge in [0.1, 0.15) is 18.1 Å². The quantitative estimate of drug-likeness (QED) is 0.850. The highest BCUT2D eigenvalue weighted by Gasteiger charge is 2.28. The second-order valence-corrected chi connectivity index (χ2v) is 6.76. The van der Waals surface area contributed by atoms with Crippen molar-refractivity contribution in [3.05, 3.63) is 47.0 Å². The summed E-state index contributed by atoms with van der Waals surface area (Å²) >= 11 is 0. The molecule has 6 nitrogen and oxygen atoms in total. The molecule has 1 atom stereocenters. The van der Waals surface area contributed by atoms with E-state index in [9.17, 15) is 14.0 Å². The maximum Gasteiger partial charge on any atom is 0.311 e. The normalized spacial score (nSPS) is 19.1. The lowest BCUT2D eigenvalue weighted by atomic mass is 9.99. The van der Waals surface area contributed by atoms with Gasteiger partial charge in [-0.25, -0.2) is 9.07 Å². The zero-order chi connectivity index (χ0) is 18.1. The maximum atomic E-state index is 13.2. The number of ether oxygens (including phenoxy) is 1. The summed E-state index contributed by atoms with van der Waals surface area (Å²) in [6.45, 7) is 0.458. The molecule has 0 bridgehead atoms. The molecule has 1 aliphatic carbocycles. The van der Waals surface area contributed by atoms with E-state index in [-0.39, 0.29) is 30.2 Å². The molecular weight excluding hydrogens is 337 g/mol. The standard InChI is InChI=1S/C19H20FN3O3/c20-13-5-7-14(8-6-13)23-17-3-1-2-15(17)16(22-23)11-26-19(25)12-4-9-18(24)21-10-12/h5-8,12H,1-4,9-11H2,(H,21,24). The molecule has 4 rings (SSSR count). The van der Waals surface area contributed by atoms with E-state index in [4.69, 9.17) is 4.74 Å². The van der Waals surface area contributed by atoms with Gasteiger partial charge < -0.3 is 10.1 Å². The second-order valence-electron chi connectivity index (χ2n) is 6.76. The number of benzene rings is 1. The molecule has 1 amide bonds. The third-order valence-corrected chi connectivity index (χ3v) is 5.03. The van der Waals surface area contributed by atoms with Crippen LogP contribution in [0.4, 0.5) is 4.39 Å². The molecule has 1 aromatic carbocycles. The predicted octanol–water partition coefficient (Wildman–Crippen LogP) is 2.07. The number of carbonyl (C=O) groups excluding carboxylic acids is 2. The number of aromatic nitrogens is 2. The predicted molar refractivity (Wildman–Crippen MR) is 91.1 cm³/mol. The van der Waals surface area contributed by atoms with Gasteiger partial charge >= 0.3 is 5.97 Å². The highest BCUT2D eigenvalue weighted by atomic mass is 19.1. The van der Waals surface area contributed by atoms with Gasteiger partial charge in [-0.2, -0.15) is 5.10 Å². The molecule has 2 aliphatic rings. The fraction of sp³-hybridized carbons (Fsp3) is 0.421. The molecule has 2 aromatic rings. The van der Waals surface area contributed by atoms with E-state index in [2.05, 4.69) is 10.4 Å². The molecule has 26 heavy (non-hydrogen) atoms. The van der Waals surface area contributed by atoms with Crippen LogP contribution in [0.1, 0.15) is 36.2 Å². The SMILES string of the molecule is O=C1CCC(C(=O)OCc2nn(-c3ccc(F)cc3)c3c2CCC3)CN1. The lowest BCUT2D eigenvalue weighted by molar-refractivity contribution is -0.151. The van der Waals surface area contributed by atoms with Crippen LogP contribution in [0.3, 0.4) is 0 Å². The molecule has 0 saturated carbocycles. The highest BCUT2D eigenvalue weighted by molar-refractivity contribution is 5.80. The van der Waals surface area contributed by atoms with Crippen molar-refractivity contribution in [2.45, 2.75) is 38.7 Å². The molecule has 1 fully saturated rings. The van der Waals surface area contributed by atoms with E-state index in [1.54, 1.807) is 12.1 Å². The minimum absolute atomic E-state index is 0.0232. The number of hydrogen-bond donors (Lipinski definition) is 1. The van der Waals surface area contributed by atoms with Crippen LogP contribution in [0.2, 0.25) is 0 Å². The van der Waals surface area contributed by atoms with Gasteiger partial charge in [-0.15, -0.1) is 0 Å². The third kappa shape index (κ3) is 3.21. The smallest absolute Gasteiger partial charge is 0.311 e. The third-order valence-electron chi connectivity index (χ3n) is 5.03. The Hall–Kier alpha value is -2.70. The van der Waals surface area contributed by atoms with Gasteiger partial charge in [-0.3, -0.25) is 9.59 Å². The first kappa shape index (κ1) is 16.8. The van der Waals surface area contributed by atoms with E-state index in [1.165, 1.54) is 12.1 Å². The summed E-state index contributed by atoms with van der Waals surface area (Å²) in [6, 6.07) is 6.22. The van der Waals surface area contributed by atoms with Crippen molar-refractivity contribution >= 4 is 11.9 Å². The number of nitrogens with one attached hydrogen (secondary N) is 1. The molecular formula is C19H20FN3O3. The zero-order valence-corrected chi connectivity index (χ0v) is 14.3. The lowest BCUT2D eigenvalue weighted by Crippen LogP contribution is -2.39. The van der Waals surface area contributed by atoms with Crippen molar-refractivity contribution in [1.82, 2.24) is 15.1 Å². The largest absolute Gasteiger partial charge is 0.459 e. The van der Waals surface area contributed by atoms with Crippen LogP contribution >= 0.6 is 0 Å². The Balaban J connectivity index is 1.49. The Labute approximate surface area is 150 Å². The number of hydrogen-bond acceptors (Lipinski definition) is 4. The van der Waals surface area contributed by atoms with E-state index in [0.29, 0.717) is 19.4 Å². The van der Waals surface area contributed by atoms with E-state index < -0.39 is 0 Å². The molecule has 1 unspecified atom stereocenters. The van der Waals surface area contributed by atoms with Crippen LogP contribution < -0.4 is 5.32 Å². The number of fused-ring (bicyclic) bond motifs is 1. The fourth-order valence-corrected chi connectivity index (χ4v) is 3.62. The summed E-state index contributed by atoms with van der Waals surface area (Å²) in [4.78, 5) is 23.4. The van der Waals surface area contributed by atoms with Gasteiger partial charge in [0, 0.05) is 24.2 Å². The van der Waals surface area contributed by atoms with Gasteiger partial charge in [0.2, 0.25) is 5.91 Å². The Morgan fingerprint density at radius 2 is 2.08 bits per heavy atom. The molecule has 136 valence electrons. The first-order valence-electron chi connectivity index (χ1n) is 8.91. The molecule has 1 saturated heterocycles. The van der Waals surface area contributed by atoms with Crippen LogP contribution in [-0.2, 0) is 33.8 Å². The Bertz CT molecular complexity index is 834. The first-order chi connectivity index (χ1) is 12.6. The number of rotatable bonds is 4. The number of amides is 1. The molecule has 7 heteroatoms. The maximum absolute atomic E-state index is 13.2. The monoisotopic (exact) mass is 357 g/mol. The topological polar surface area (TPSA) is 73.2 Å². The minimum atomic E-state index is -0.298. The lowest BCUT2D eigenvalue weighted by Gasteiger charge is -2.20. The Morgan fingerprint density at radius 3 is 2.81 bits per heavy atom. The van der Waals surface area contributed by atoms with Crippen LogP contribution in [0.15, 0.2) is 24.3 Å². The molecule has 1 aliphatic heterocycles. The number of halogens is 1. The number of piperidine rings is 1. The Kier molecular flexibility index (Phi) is 4.44. The van der Waals surface area contributed by atoms with Crippen molar-refractivity contribution in [3.8, 4) is 5.69 Å². The summed E-state index contributed by atoms with van der Waals surface area (Å²) in [5.41, 5.74) is 3.79. The summed E-state index contributed by atoms with van der Waals surface area (Å²) in [6.07, 6.45) is 3.72. The van der Waals surface area contributed by atoms with Crippen molar-refractivity contribution in [2.75, 3.05) is 6.54 Å². The van der Waals surface area contributed by atoms with E-state index in [1.807, 2.05) is 4.68 Å². The van der Waals surface area contributed by atoms with Crippen LogP contribution in [0.25, 0.3) is 5.69 Å². The van der Waals surface area contributed by atoms with E-state index >= 15 is 0 Å². The second kappa shape index (κ2) is 6.90. The summed E-state index contributed by atoms with van der Waals surface area (Å²) < 4.78 is 20.5. The summed E-state index contributed by atoms with van der Waals surface area (Å²) in [7, 11) is 0. The minimum Gasteiger partial charge on any atom is -0.459 e. The van der Waals surface area contributed by atoms with Crippen molar-refractivity contribution in [3.63, 3.8) is 0 Å². The highest BCUT2D eigenvalue weighted by Crippen LogP contribution is 2.28. The van der Waals surface area contributed by atoms with Gasteiger partial charge in [0.15, 0.2) is 0 Å². The van der Waals surface area contributed by atoms with E-state index in [0.717, 1.165) is 41.9 Å². The van der Waals surface area contributed by atoms with Gasteiger partial charge in [-0.05, 0) is 49.9 Å². The molecule has 0 radical (unpaired) electrons. The van der Waals surface area contributed by atoms with Crippen LogP contribution in [-0.4, -0.2) is 28.2 Å². The fourth-order valence-electron chi connectivity index (χ4n) is 3.62. The molecule has 1 aromatic heterocycles. The first-order valence-corrected chi connectivity index (χ1v) is 8.91. The van der Waals surface area contributed by atoms with Crippen molar-refractivity contribution < 1.29 is 18.7 Å². The van der Waals surface area contributed by atoms with Gasteiger partial charge in [0.25, 0.3) is 0 Å². The molecule has 2 heterocycles. The summed E-state index contributed by atoms with van der Waals surface area (Å²) in [5.74, 6) is -0.899. The molecule has 1 N–H and O–H groups in total. The van der Waals surface area contributed by atoms with Crippen molar-refractivity contribution in [1.29, 1.82) is 0 Å². The van der Waals surface area contributed by atoms with Crippen LogP contribution in [0.5, 0.6) is 0 Å².